The molecule has 0 aromatic heterocycles. The van der Waals surface area contributed by atoms with Gasteiger partial charge in [0, 0.05) is 11.7 Å². The molecule has 1 unspecified atom stereocenters. The van der Waals surface area contributed by atoms with Crippen LogP contribution in [0, 0.1) is 5.82 Å². The van der Waals surface area contributed by atoms with Gasteiger partial charge in [-0.2, -0.15) is 0 Å². The van der Waals surface area contributed by atoms with Gasteiger partial charge in [0.2, 0.25) is 0 Å². The van der Waals surface area contributed by atoms with Crippen LogP contribution in [0.2, 0.25) is 0 Å². The Hall–Kier alpha value is -1.82. The standard InChI is InChI=1S/C17H26FN3O2/c1-17(2,3)23-16(22)21-15-11-13(6-7-14(15)18)20-12-5-4-9-19-10-8-12/h6-7,11-12,19-20H,4-5,8-10H2,1-3H3,(H,21,22). The van der Waals surface area contributed by atoms with E-state index in [4.69, 9.17) is 4.74 Å². The number of ether oxygens (including phenoxy) is 1. The Morgan fingerprint density at radius 1 is 1.30 bits per heavy atom. The molecule has 1 atom stereocenters. The summed E-state index contributed by atoms with van der Waals surface area (Å²) in [5.41, 5.74) is 0.296. The van der Waals surface area contributed by atoms with Crippen LogP contribution in [0.15, 0.2) is 18.2 Å². The molecule has 1 saturated heterocycles. The molecule has 1 aliphatic heterocycles. The van der Waals surface area contributed by atoms with Crippen LogP contribution in [0.1, 0.15) is 40.0 Å². The van der Waals surface area contributed by atoms with Gasteiger partial charge >= 0.3 is 6.09 Å². The first-order valence-corrected chi connectivity index (χ1v) is 8.10. The molecule has 5 nitrogen and oxygen atoms in total. The highest BCUT2D eigenvalue weighted by molar-refractivity contribution is 5.85. The molecule has 0 bridgehead atoms. The minimum absolute atomic E-state index is 0.121. The van der Waals surface area contributed by atoms with Gasteiger partial charge in [-0.3, -0.25) is 5.32 Å². The smallest absolute Gasteiger partial charge is 0.412 e. The molecular weight excluding hydrogens is 297 g/mol. The van der Waals surface area contributed by atoms with Gasteiger partial charge in [-0.15, -0.1) is 0 Å². The lowest BCUT2D eigenvalue weighted by Gasteiger charge is -2.21. The third-order valence-corrected chi connectivity index (χ3v) is 3.55. The van der Waals surface area contributed by atoms with Crippen molar-refractivity contribution in [1.82, 2.24) is 5.32 Å². The minimum atomic E-state index is -0.660. The molecule has 0 spiro atoms. The average molecular weight is 323 g/mol. The molecule has 1 aromatic carbocycles. The fourth-order valence-corrected chi connectivity index (χ4v) is 2.52. The lowest BCUT2D eigenvalue weighted by molar-refractivity contribution is 0.0635. The minimum Gasteiger partial charge on any atom is -0.444 e. The van der Waals surface area contributed by atoms with Crippen molar-refractivity contribution in [3.05, 3.63) is 24.0 Å². The van der Waals surface area contributed by atoms with Crippen LogP contribution in [0.25, 0.3) is 0 Å². The van der Waals surface area contributed by atoms with Gasteiger partial charge in [-0.25, -0.2) is 9.18 Å². The van der Waals surface area contributed by atoms with Crippen molar-refractivity contribution >= 4 is 17.5 Å². The number of rotatable bonds is 3. The van der Waals surface area contributed by atoms with Gasteiger partial charge in [-0.05, 0) is 71.3 Å². The van der Waals surface area contributed by atoms with E-state index in [2.05, 4.69) is 16.0 Å². The van der Waals surface area contributed by atoms with Crippen molar-refractivity contribution in [2.24, 2.45) is 0 Å². The number of halogens is 1. The van der Waals surface area contributed by atoms with Crippen LogP contribution >= 0.6 is 0 Å². The normalized spacial score (nSPS) is 18.9. The van der Waals surface area contributed by atoms with E-state index >= 15 is 0 Å². The molecule has 1 aromatic rings. The Morgan fingerprint density at radius 2 is 2.09 bits per heavy atom. The highest BCUT2D eigenvalue weighted by atomic mass is 19.1. The van der Waals surface area contributed by atoms with E-state index in [0.717, 1.165) is 38.0 Å². The predicted octanol–water partition coefficient (Wildman–Crippen LogP) is 3.73. The summed E-state index contributed by atoms with van der Waals surface area (Å²) in [5.74, 6) is -0.482. The molecule has 0 aliphatic carbocycles. The van der Waals surface area contributed by atoms with Crippen LogP contribution in [0.4, 0.5) is 20.6 Å². The maximum absolute atomic E-state index is 13.9. The first-order valence-electron chi connectivity index (χ1n) is 8.10. The van der Waals surface area contributed by atoms with Gasteiger partial charge in [0.25, 0.3) is 0 Å². The Bertz CT molecular complexity index is 535. The number of amides is 1. The summed E-state index contributed by atoms with van der Waals surface area (Å²) < 4.78 is 19.1. The molecular formula is C17H26FN3O2. The number of carbonyl (C=O) groups is 1. The zero-order chi connectivity index (χ0) is 16.9. The van der Waals surface area contributed by atoms with Gasteiger partial charge in [0.1, 0.15) is 11.4 Å². The molecule has 3 N–H and O–H groups in total. The highest BCUT2D eigenvalue weighted by Crippen LogP contribution is 2.22. The lowest BCUT2D eigenvalue weighted by Crippen LogP contribution is -2.27. The summed E-state index contributed by atoms with van der Waals surface area (Å²) in [7, 11) is 0. The molecule has 0 radical (unpaired) electrons. The molecule has 6 heteroatoms. The number of carbonyl (C=O) groups excluding carboxylic acids is 1. The monoisotopic (exact) mass is 323 g/mol. The van der Waals surface area contributed by atoms with Crippen molar-refractivity contribution in [2.45, 2.75) is 51.7 Å². The van der Waals surface area contributed by atoms with E-state index in [1.54, 1.807) is 32.9 Å². The molecule has 1 fully saturated rings. The van der Waals surface area contributed by atoms with E-state index in [9.17, 15) is 9.18 Å². The molecule has 23 heavy (non-hydrogen) atoms. The SMILES string of the molecule is CC(C)(C)OC(=O)Nc1cc(NC2CCCNCC2)ccc1F. The number of anilines is 2. The fourth-order valence-electron chi connectivity index (χ4n) is 2.52. The Balaban J connectivity index is 2.01. The predicted molar refractivity (Wildman–Crippen MR) is 90.4 cm³/mol. The fraction of sp³-hybridized carbons (Fsp3) is 0.588. The Labute approximate surface area is 137 Å². The van der Waals surface area contributed by atoms with Crippen molar-refractivity contribution in [3.63, 3.8) is 0 Å². The van der Waals surface area contributed by atoms with Gasteiger partial charge in [0.15, 0.2) is 0 Å². The second-order valence-electron chi connectivity index (χ2n) is 6.84. The van der Waals surface area contributed by atoms with Crippen LogP contribution in [-0.2, 0) is 4.74 Å². The summed E-state index contributed by atoms with van der Waals surface area (Å²) in [4.78, 5) is 11.8. The van der Waals surface area contributed by atoms with Crippen LogP contribution < -0.4 is 16.0 Å². The largest absolute Gasteiger partial charge is 0.444 e. The third kappa shape index (κ3) is 6.06. The van der Waals surface area contributed by atoms with Crippen molar-refractivity contribution in [3.8, 4) is 0 Å². The average Bonchev–Trinajstić information content (AvgIpc) is 2.69. The first kappa shape index (κ1) is 17.5. The number of nitrogens with one attached hydrogen (secondary N) is 3. The van der Waals surface area contributed by atoms with E-state index in [-0.39, 0.29) is 5.69 Å². The van der Waals surface area contributed by atoms with Crippen LogP contribution in [-0.4, -0.2) is 30.8 Å². The van der Waals surface area contributed by atoms with Gasteiger partial charge in [0.05, 0.1) is 5.69 Å². The summed E-state index contributed by atoms with van der Waals surface area (Å²) >= 11 is 0. The summed E-state index contributed by atoms with van der Waals surface area (Å²) in [6.45, 7) is 7.30. The van der Waals surface area contributed by atoms with E-state index in [1.807, 2.05) is 0 Å². The van der Waals surface area contributed by atoms with E-state index in [0.29, 0.717) is 6.04 Å². The van der Waals surface area contributed by atoms with Crippen molar-refractivity contribution < 1.29 is 13.9 Å². The second kappa shape index (κ2) is 7.64. The second-order valence-corrected chi connectivity index (χ2v) is 6.84. The summed E-state index contributed by atoms with van der Waals surface area (Å²) in [6, 6.07) is 5.00. The molecule has 2 rings (SSSR count). The zero-order valence-electron chi connectivity index (χ0n) is 14.0. The van der Waals surface area contributed by atoms with E-state index in [1.165, 1.54) is 6.07 Å². The van der Waals surface area contributed by atoms with Gasteiger partial charge in [-0.1, -0.05) is 0 Å². The van der Waals surface area contributed by atoms with Crippen LogP contribution in [0.3, 0.4) is 0 Å². The van der Waals surface area contributed by atoms with Gasteiger partial charge < -0.3 is 15.4 Å². The maximum atomic E-state index is 13.9. The van der Waals surface area contributed by atoms with Crippen LogP contribution in [0.5, 0.6) is 0 Å². The lowest BCUT2D eigenvalue weighted by atomic mass is 10.1. The molecule has 1 heterocycles. The molecule has 1 amide bonds. The summed E-state index contributed by atoms with van der Waals surface area (Å²) in [6.07, 6.45) is 2.54. The Kier molecular flexibility index (Phi) is 5.82. The highest BCUT2D eigenvalue weighted by Gasteiger charge is 2.18. The molecule has 1 aliphatic rings. The maximum Gasteiger partial charge on any atom is 0.412 e. The zero-order valence-corrected chi connectivity index (χ0v) is 14.0. The molecule has 0 saturated carbocycles. The quantitative estimate of drug-likeness (QED) is 0.793. The number of hydrogen-bond acceptors (Lipinski definition) is 4. The molecule has 128 valence electrons. The summed E-state index contributed by atoms with van der Waals surface area (Å²) in [5, 5.41) is 9.24. The van der Waals surface area contributed by atoms with Crippen molar-refractivity contribution in [2.75, 3.05) is 23.7 Å². The van der Waals surface area contributed by atoms with E-state index < -0.39 is 17.5 Å². The topological polar surface area (TPSA) is 62.4 Å². The number of hydrogen-bond donors (Lipinski definition) is 3. The number of benzene rings is 1. The van der Waals surface area contributed by atoms with Crippen molar-refractivity contribution in [1.29, 1.82) is 0 Å². The first-order chi connectivity index (χ1) is 10.8. The Morgan fingerprint density at radius 3 is 2.83 bits per heavy atom. The third-order valence-electron chi connectivity index (χ3n) is 3.55.